The molecule has 0 amide bonds. The molecule has 0 spiro atoms. The molecule has 19 heavy (non-hydrogen) atoms. The molecule has 2 rings (SSSR count). The lowest BCUT2D eigenvalue weighted by Crippen LogP contribution is -2.00. The van der Waals surface area contributed by atoms with Gasteiger partial charge < -0.3 is 10.2 Å². The summed E-state index contributed by atoms with van der Waals surface area (Å²) in [5.41, 5.74) is 4.18. The van der Waals surface area contributed by atoms with Crippen LogP contribution in [0.2, 0.25) is 0 Å². The molecule has 0 fully saturated rings. The van der Waals surface area contributed by atoms with E-state index < -0.39 is 0 Å². The summed E-state index contributed by atoms with van der Waals surface area (Å²) in [5, 5.41) is 19.2. The maximum absolute atomic E-state index is 9.62. The first-order valence-electron chi connectivity index (χ1n) is 6.62. The number of hydrogen-bond donors (Lipinski definition) is 2. The molecule has 0 bridgehead atoms. The van der Waals surface area contributed by atoms with Crippen LogP contribution in [-0.2, 0) is 0 Å². The lowest BCUT2D eigenvalue weighted by atomic mass is 9.87. The second-order valence-electron chi connectivity index (χ2n) is 5.05. The van der Waals surface area contributed by atoms with E-state index in [9.17, 15) is 10.2 Å². The normalized spacial score (nSPS) is 10.9. The van der Waals surface area contributed by atoms with Crippen LogP contribution in [-0.4, -0.2) is 10.2 Å². The number of benzene rings is 2. The molecule has 0 radical (unpaired) electrons. The highest BCUT2D eigenvalue weighted by molar-refractivity contribution is 5.43. The van der Waals surface area contributed by atoms with Crippen LogP contribution in [0.3, 0.4) is 0 Å². The molecule has 0 aromatic heterocycles. The molecule has 2 heteroatoms. The van der Waals surface area contributed by atoms with Gasteiger partial charge in [-0.3, -0.25) is 0 Å². The van der Waals surface area contributed by atoms with Gasteiger partial charge in [-0.15, -0.1) is 0 Å². The summed E-state index contributed by atoms with van der Waals surface area (Å²) in [5.74, 6) is 0.958. The Hall–Kier alpha value is -1.96. The molecule has 0 unspecified atom stereocenters. The van der Waals surface area contributed by atoms with Crippen LogP contribution in [0.1, 0.15) is 41.5 Å². The predicted molar refractivity (Wildman–Crippen MR) is 77.8 cm³/mol. The van der Waals surface area contributed by atoms with E-state index in [0.717, 1.165) is 17.5 Å². The minimum Gasteiger partial charge on any atom is -0.508 e. The standard InChI is InChI=1S/C17H20O2/c1-4-15(13-5-7-16(18)11(2)9-13)14-6-8-17(19)12(3)10-14/h5-10,15,18-19H,4H2,1-3H3. The largest absolute Gasteiger partial charge is 0.508 e. The number of aryl methyl sites for hydroxylation is 2. The van der Waals surface area contributed by atoms with Crippen molar-refractivity contribution in [3.8, 4) is 11.5 Å². The van der Waals surface area contributed by atoms with E-state index in [-0.39, 0.29) is 0 Å². The third-order valence-corrected chi connectivity index (χ3v) is 3.65. The Morgan fingerprint density at radius 3 is 1.58 bits per heavy atom. The number of hydrogen-bond acceptors (Lipinski definition) is 2. The minimum atomic E-state index is 0.290. The average molecular weight is 256 g/mol. The molecule has 0 aliphatic rings. The molecular formula is C17H20O2. The topological polar surface area (TPSA) is 40.5 Å². The summed E-state index contributed by atoms with van der Waals surface area (Å²) >= 11 is 0. The van der Waals surface area contributed by atoms with Gasteiger partial charge in [0.25, 0.3) is 0 Å². The maximum Gasteiger partial charge on any atom is 0.118 e. The maximum atomic E-state index is 9.62. The number of aromatic hydroxyl groups is 2. The monoisotopic (exact) mass is 256 g/mol. The molecule has 0 atom stereocenters. The van der Waals surface area contributed by atoms with Crippen molar-refractivity contribution in [1.82, 2.24) is 0 Å². The van der Waals surface area contributed by atoms with Gasteiger partial charge in [0.15, 0.2) is 0 Å². The van der Waals surface area contributed by atoms with Crippen LogP contribution in [0.5, 0.6) is 11.5 Å². The zero-order valence-corrected chi connectivity index (χ0v) is 11.6. The fourth-order valence-corrected chi connectivity index (χ4v) is 2.45. The van der Waals surface area contributed by atoms with Crippen molar-refractivity contribution in [2.45, 2.75) is 33.1 Å². The third kappa shape index (κ3) is 2.73. The summed E-state index contributed by atoms with van der Waals surface area (Å²) in [6, 6.07) is 11.5. The first-order valence-corrected chi connectivity index (χ1v) is 6.62. The SMILES string of the molecule is CCC(c1ccc(O)c(C)c1)c1ccc(O)c(C)c1. The van der Waals surface area contributed by atoms with Crippen molar-refractivity contribution < 1.29 is 10.2 Å². The van der Waals surface area contributed by atoms with Crippen molar-refractivity contribution in [1.29, 1.82) is 0 Å². The molecule has 2 N–H and O–H groups in total. The predicted octanol–water partition coefficient (Wildman–Crippen LogP) is 4.26. The first-order chi connectivity index (χ1) is 9.02. The van der Waals surface area contributed by atoms with Gasteiger partial charge in [-0.25, -0.2) is 0 Å². The van der Waals surface area contributed by atoms with Gasteiger partial charge in [0.05, 0.1) is 0 Å². The van der Waals surface area contributed by atoms with E-state index >= 15 is 0 Å². The fourth-order valence-electron chi connectivity index (χ4n) is 2.45. The van der Waals surface area contributed by atoms with Gasteiger partial charge in [-0.2, -0.15) is 0 Å². The quantitative estimate of drug-likeness (QED) is 0.861. The number of rotatable bonds is 3. The van der Waals surface area contributed by atoms with E-state index in [2.05, 4.69) is 6.92 Å². The minimum absolute atomic E-state index is 0.290. The molecule has 0 aliphatic carbocycles. The van der Waals surface area contributed by atoms with Crippen LogP contribution >= 0.6 is 0 Å². The summed E-state index contributed by atoms with van der Waals surface area (Å²) in [4.78, 5) is 0. The molecule has 2 aromatic rings. The van der Waals surface area contributed by atoms with Crippen molar-refractivity contribution >= 4 is 0 Å². The smallest absolute Gasteiger partial charge is 0.118 e. The lowest BCUT2D eigenvalue weighted by molar-refractivity contribution is 0.470. The summed E-state index contributed by atoms with van der Waals surface area (Å²) in [7, 11) is 0. The lowest BCUT2D eigenvalue weighted by Gasteiger charge is -2.18. The van der Waals surface area contributed by atoms with Gasteiger partial charge >= 0.3 is 0 Å². The van der Waals surface area contributed by atoms with Gasteiger partial charge in [-0.05, 0) is 54.7 Å². The van der Waals surface area contributed by atoms with Crippen molar-refractivity contribution in [2.75, 3.05) is 0 Å². The van der Waals surface area contributed by atoms with E-state index in [0.29, 0.717) is 17.4 Å². The van der Waals surface area contributed by atoms with E-state index in [4.69, 9.17) is 0 Å². The second-order valence-corrected chi connectivity index (χ2v) is 5.05. The number of phenols is 2. The van der Waals surface area contributed by atoms with Crippen molar-refractivity contribution in [3.63, 3.8) is 0 Å². The van der Waals surface area contributed by atoms with Crippen LogP contribution in [0.4, 0.5) is 0 Å². The Bertz CT molecular complexity index is 536. The third-order valence-electron chi connectivity index (χ3n) is 3.65. The number of phenolic OH excluding ortho intramolecular Hbond substituents is 2. The van der Waals surface area contributed by atoms with E-state index in [1.807, 2.05) is 38.1 Å². The highest BCUT2D eigenvalue weighted by Crippen LogP contribution is 2.32. The van der Waals surface area contributed by atoms with Crippen molar-refractivity contribution in [2.24, 2.45) is 0 Å². The molecule has 2 nitrogen and oxygen atoms in total. The Kier molecular flexibility index (Phi) is 3.79. The van der Waals surface area contributed by atoms with Crippen molar-refractivity contribution in [3.05, 3.63) is 58.7 Å². The van der Waals surface area contributed by atoms with Crippen LogP contribution in [0.15, 0.2) is 36.4 Å². The van der Waals surface area contributed by atoms with Gasteiger partial charge in [0, 0.05) is 5.92 Å². The van der Waals surface area contributed by atoms with E-state index in [1.54, 1.807) is 12.1 Å². The fraction of sp³-hybridized carbons (Fsp3) is 0.294. The molecule has 0 aliphatic heterocycles. The Morgan fingerprint density at radius 2 is 1.26 bits per heavy atom. The summed E-state index contributed by atoms with van der Waals surface area (Å²) < 4.78 is 0. The first kappa shape index (κ1) is 13.5. The average Bonchev–Trinajstić information content (AvgIpc) is 2.39. The molecular weight excluding hydrogens is 236 g/mol. The highest BCUT2D eigenvalue weighted by atomic mass is 16.3. The molecule has 0 saturated carbocycles. The highest BCUT2D eigenvalue weighted by Gasteiger charge is 2.14. The van der Waals surface area contributed by atoms with Crippen LogP contribution < -0.4 is 0 Å². The molecule has 2 aromatic carbocycles. The summed E-state index contributed by atoms with van der Waals surface area (Å²) in [6.07, 6.45) is 0.981. The van der Waals surface area contributed by atoms with Gasteiger partial charge in [-0.1, -0.05) is 31.2 Å². The van der Waals surface area contributed by atoms with E-state index in [1.165, 1.54) is 11.1 Å². The Labute approximate surface area is 114 Å². The molecule has 0 saturated heterocycles. The van der Waals surface area contributed by atoms with Gasteiger partial charge in [0.1, 0.15) is 11.5 Å². The molecule has 0 heterocycles. The Balaban J connectivity index is 2.43. The summed E-state index contributed by atoms with van der Waals surface area (Å²) in [6.45, 7) is 5.97. The Morgan fingerprint density at radius 1 is 0.842 bits per heavy atom. The van der Waals surface area contributed by atoms with Gasteiger partial charge in [0.2, 0.25) is 0 Å². The van der Waals surface area contributed by atoms with Crippen LogP contribution in [0, 0.1) is 13.8 Å². The zero-order chi connectivity index (χ0) is 14.0. The zero-order valence-electron chi connectivity index (χ0n) is 11.6. The molecule has 100 valence electrons. The second kappa shape index (κ2) is 5.35. The van der Waals surface area contributed by atoms with Crippen LogP contribution in [0.25, 0.3) is 0 Å².